The summed E-state index contributed by atoms with van der Waals surface area (Å²) >= 11 is 0. The molecule has 0 fully saturated rings. The van der Waals surface area contributed by atoms with Crippen molar-refractivity contribution in [3.8, 4) is 33.4 Å². The Balaban J connectivity index is 0.979. The van der Waals surface area contributed by atoms with Crippen LogP contribution in [-0.4, -0.2) is 22.2 Å². The first kappa shape index (κ1) is 42.6. The second-order valence-electron chi connectivity index (χ2n) is 20.5. The van der Waals surface area contributed by atoms with Gasteiger partial charge in [-0.1, -0.05) is 130 Å². The zero-order valence-corrected chi connectivity index (χ0v) is 40.7. The summed E-state index contributed by atoms with van der Waals surface area (Å²) in [6, 6.07) is 59.5. The number of pyridine rings is 2. The summed E-state index contributed by atoms with van der Waals surface area (Å²) in [4.78, 5) is 14.5. The van der Waals surface area contributed by atoms with Crippen molar-refractivity contribution in [2.24, 2.45) is 11.8 Å². The molecule has 6 aromatic carbocycles. The van der Waals surface area contributed by atoms with Crippen LogP contribution in [0.4, 0.5) is 23.0 Å². The Labute approximate surface area is 412 Å². The molecule has 8 aromatic rings. The van der Waals surface area contributed by atoms with E-state index in [2.05, 4.69) is 202 Å². The highest BCUT2D eigenvalue weighted by Gasteiger charge is 2.50. The third kappa shape index (κ3) is 6.80. The summed E-state index contributed by atoms with van der Waals surface area (Å²) in [7, 11) is 0. The SMILES string of the molecule is CCc1ccc(-c2cc(-c3ccc4c(c3)C3C5=C(OC3N4c3ccccn3)C(C)CC=C5)cc(-c3ccc4c(c3)C(c3ccccc3C)C(C)C4)c2)cc1C1c2ccccc2N(c2ccccn2)C1C. The lowest BCUT2D eigenvalue weighted by molar-refractivity contribution is 0.123. The molecule has 0 radical (unpaired) electrons. The number of anilines is 4. The molecule has 3 aliphatic heterocycles. The van der Waals surface area contributed by atoms with Crippen molar-refractivity contribution in [3.05, 3.63) is 238 Å². The third-order valence-electron chi connectivity index (χ3n) is 16.4. The number of para-hydroxylation sites is 1. The maximum absolute atomic E-state index is 6.98. The fraction of sp³-hybridized carbons (Fsp3) is 0.231. The maximum Gasteiger partial charge on any atom is 0.188 e. The van der Waals surface area contributed by atoms with Gasteiger partial charge in [0.15, 0.2) is 6.23 Å². The van der Waals surface area contributed by atoms with E-state index in [1.54, 1.807) is 0 Å². The van der Waals surface area contributed by atoms with E-state index in [1.807, 2.05) is 24.5 Å². The number of benzene rings is 6. The number of nitrogens with zero attached hydrogens (tertiary/aromatic N) is 4. The van der Waals surface area contributed by atoms with Gasteiger partial charge in [0, 0.05) is 47.4 Å². The lowest BCUT2D eigenvalue weighted by atomic mass is 9.82. The Morgan fingerprint density at radius 1 is 0.543 bits per heavy atom. The molecular weight excluding hydrogens is 853 g/mol. The Morgan fingerprint density at radius 3 is 1.86 bits per heavy atom. The van der Waals surface area contributed by atoms with E-state index in [9.17, 15) is 0 Å². The normalized spacial score (nSPS) is 22.7. The minimum absolute atomic E-state index is 0.0803. The van der Waals surface area contributed by atoms with Gasteiger partial charge in [-0.15, -0.1) is 0 Å². The molecule has 13 rings (SSSR count). The lowest BCUT2D eigenvalue weighted by Gasteiger charge is -2.28. The quantitative estimate of drug-likeness (QED) is 0.152. The van der Waals surface area contributed by atoms with Crippen LogP contribution in [0, 0.1) is 18.8 Å². The molecule has 0 bridgehead atoms. The molecule has 7 unspecified atom stereocenters. The van der Waals surface area contributed by atoms with Crippen LogP contribution < -0.4 is 9.80 Å². The van der Waals surface area contributed by atoms with E-state index in [0.717, 1.165) is 42.3 Å². The van der Waals surface area contributed by atoms with Gasteiger partial charge in [-0.2, -0.15) is 0 Å². The Hall–Kier alpha value is -7.50. The van der Waals surface area contributed by atoms with Gasteiger partial charge in [0.05, 0.1) is 11.6 Å². The fourth-order valence-electron chi connectivity index (χ4n) is 13.1. The number of aryl methyl sites for hydroxylation is 2. The van der Waals surface area contributed by atoms with Gasteiger partial charge < -0.3 is 9.64 Å². The molecule has 5 aliphatic rings. The number of ether oxygens (including phenoxy) is 1. The molecule has 2 aliphatic carbocycles. The van der Waals surface area contributed by atoms with E-state index in [1.165, 1.54) is 89.1 Å². The first-order valence-corrected chi connectivity index (χ1v) is 25.5. The molecule has 0 N–H and O–H groups in total. The van der Waals surface area contributed by atoms with E-state index in [4.69, 9.17) is 14.7 Å². The van der Waals surface area contributed by atoms with Crippen LogP contribution in [0.2, 0.25) is 0 Å². The standard InChI is InChI=1S/C65H58N4O/c1-6-43-24-25-44(36-54(43)62-42(5)68(59-22-11-13-30-66-59)57-21-10-9-19-52(57)62)48-33-49(45-26-27-47-32-41(4)61(55(47)37-45)51-18-8-7-16-39(51)2)35-50(34-48)46-28-29-58-56(38-46)63-53-20-15-17-40(3)64(53)70-65(63)69(58)60-23-12-14-31-67-60/h7-16,18-31,33-38,40-42,61-63,65H,6,17,32H2,1-5H3. The van der Waals surface area contributed by atoms with Crippen LogP contribution in [0.25, 0.3) is 33.4 Å². The summed E-state index contributed by atoms with van der Waals surface area (Å²) in [6.45, 7) is 11.7. The van der Waals surface area contributed by atoms with Gasteiger partial charge in [0.25, 0.3) is 0 Å². The van der Waals surface area contributed by atoms with Crippen LogP contribution in [0.3, 0.4) is 0 Å². The molecule has 5 heteroatoms. The molecule has 344 valence electrons. The molecule has 0 spiro atoms. The molecule has 0 saturated carbocycles. The number of aromatic nitrogens is 2. The first-order chi connectivity index (χ1) is 34.3. The third-order valence-corrected chi connectivity index (χ3v) is 16.4. The monoisotopic (exact) mass is 910 g/mol. The molecule has 5 nitrogen and oxygen atoms in total. The Bertz CT molecular complexity index is 3410. The van der Waals surface area contributed by atoms with Gasteiger partial charge in [-0.25, -0.2) is 9.97 Å². The van der Waals surface area contributed by atoms with Crippen molar-refractivity contribution in [2.45, 2.75) is 83.9 Å². The number of hydrogen-bond acceptors (Lipinski definition) is 5. The largest absolute Gasteiger partial charge is 0.473 e. The Morgan fingerprint density at radius 2 is 1.16 bits per heavy atom. The lowest BCUT2D eigenvalue weighted by Crippen LogP contribution is -2.30. The van der Waals surface area contributed by atoms with E-state index < -0.39 is 0 Å². The molecule has 7 atom stereocenters. The predicted octanol–water partition coefficient (Wildman–Crippen LogP) is 15.8. The van der Waals surface area contributed by atoms with Crippen molar-refractivity contribution in [1.82, 2.24) is 9.97 Å². The summed E-state index contributed by atoms with van der Waals surface area (Å²) in [6.07, 6.45) is 11.3. The van der Waals surface area contributed by atoms with Gasteiger partial charge >= 0.3 is 0 Å². The molecule has 2 aromatic heterocycles. The summed E-state index contributed by atoms with van der Waals surface area (Å²) in [5, 5.41) is 0. The molecular formula is C65H58N4O. The van der Waals surface area contributed by atoms with Crippen molar-refractivity contribution < 1.29 is 4.74 Å². The molecule has 5 heterocycles. The zero-order valence-electron chi connectivity index (χ0n) is 40.7. The van der Waals surface area contributed by atoms with Gasteiger partial charge in [-0.3, -0.25) is 4.90 Å². The van der Waals surface area contributed by atoms with Crippen molar-refractivity contribution in [2.75, 3.05) is 9.80 Å². The van der Waals surface area contributed by atoms with Gasteiger partial charge in [-0.05, 0) is 178 Å². The van der Waals surface area contributed by atoms with Crippen LogP contribution >= 0.6 is 0 Å². The topological polar surface area (TPSA) is 41.5 Å². The number of rotatable bonds is 8. The summed E-state index contributed by atoms with van der Waals surface area (Å²) in [5.41, 5.74) is 22.2. The van der Waals surface area contributed by atoms with E-state index >= 15 is 0 Å². The van der Waals surface area contributed by atoms with Crippen molar-refractivity contribution >= 4 is 23.0 Å². The second-order valence-corrected chi connectivity index (χ2v) is 20.5. The van der Waals surface area contributed by atoms with E-state index in [0.29, 0.717) is 17.8 Å². The average molecular weight is 911 g/mol. The van der Waals surface area contributed by atoms with Crippen molar-refractivity contribution in [1.29, 1.82) is 0 Å². The van der Waals surface area contributed by atoms with E-state index in [-0.39, 0.29) is 24.1 Å². The minimum Gasteiger partial charge on any atom is -0.473 e. The summed E-state index contributed by atoms with van der Waals surface area (Å²) in [5.74, 6) is 4.50. The minimum atomic E-state index is -0.181. The molecule has 0 amide bonds. The average Bonchev–Trinajstić information content (AvgIpc) is 4.12. The highest BCUT2D eigenvalue weighted by Crippen LogP contribution is 2.57. The fourth-order valence-corrected chi connectivity index (χ4v) is 13.1. The molecule has 0 saturated heterocycles. The highest BCUT2D eigenvalue weighted by molar-refractivity contribution is 5.85. The predicted molar refractivity (Wildman–Crippen MR) is 286 cm³/mol. The number of hydrogen-bond donors (Lipinski definition) is 0. The van der Waals surface area contributed by atoms with Crippen LogP contribution in [0.15, 0.2) is 194 Å². The number of allylic oxidation sites excluding steroid dienone is 3. The highest BCUT2D eigenvalue weighted by atomic mass is 16.5. The Kier molecular flexibility index (Phi) is 10.3. The number of fused-ring (bicyclic) bond motifs is 6. The van der Waals surface area contributed by atoms with Crippen LogP contribution in [0.1, 0.15) is 96.4 Å². The second kappa shape index (κ2) is 16.9. The smallest absolute Gasteiger partial charge is 0.188 e. The van der Waals surface area contributed by atoms with Gasteiger partial charge in [0.1, 0.15) is 17.4 Å². The van der Waals surface area contributed by atoms with Crippen molar-refractivity contribution in [3.63, 3.8) is 0 Å². The molecule has 70 heavy (non-hydrogen) atoms. The van der Waals surface area contributed by atoms with Crippen LogP contribution in [-0.2, 0) is 17.6 Å². The maximum atomic E-state index is 6.98. The zero-order chi connectivity index (χ0) is 47.2. The first-order valence-electron chi connectivity index (χ1n) is 25.5. The summed E-state index contributed by atoms with van der Waals surface area (Å²) < 4.78 is 6.98. The van der Waals surface area contributed by atoms with Gasteiger partial charge in [0.2, 0.25) is 0 Å². The van der Waals surface area contributed by atoms with Crippen LogP contribution in [0.5, 0.6) is 0 Å².